The summed E-state index contributed by atoms with van der Waals surface area (Å²) in [4.78, 5) is 24.1. The van der Waals surface area contributed by atoms with Crippen molar-refractivity contribution in [2.75, 3.05) is 5.32 Å². The topological polar surface area (TPSA) is 75.6 Å². The molecule has 1 heterocycles. The number of fused-ring (bicyclic) bond motifs is 3. The molecule has 2 aliphatic rings. The van der Waals surface area contributed by atoms with E-state index in [1.54, 1.807) is 24.3 Å². The molecule has 4 rings (SSSR count). The van der Waals surface area contributed by atoms with Crippen LogP contribution in [-0.2, 0) is 4.79 Å². The predicted octanol–water partition coefficient (Wildman–Crippen LogP) is 4.75. The number of halogens is 2. The van der Waals surface area contributed by atoms with Crippen LogP contribution in [0.4, 0.5) is 5.69 Å². The Hall–Kier alpha value is -2.50. The molecule has 0 bridgehead atoms. The maximum atomic E-state index is 12.6. The summed E-state index contributed by atoms with van der Waals surface area (Å²) < 4.78 is 5.39. The molecule has 2 N–H and O–H groups in total. The minimum Gasteiger partial charge on any atom is -0.480 e. The van der Waals surface area contributed by atoms with E-state index in [0.717, 1.165) is 11.3 Å². The lowest BCUT2D eigenvalue weighted by molar-refractivity contribution is -0.139. The molecule has 3 unspecified atom stereocenters. The second-order valence-electron chi connectivity index (χ2n) is 6.58. The smallest absolute Gasteiger partial charge is 0.343 e. The third kappa shape index (κ3) is 3.29. The Morgan fingerprint density at radius 1 is 1.15 bits per heavy atom. The number of aliphatic carboxylic acids is 1. The summed E-state index contributed by atoms with van der Waals surface area (Å²) >= 11 is 11.9. The van der Waals surface area contributed by atoms with E-state index < -0.39 is 18.0 Å². The predicted molar refractivity (Wildman–Crippen MR) is 103 cm³/mol. The molecule has 0 aromatic heterocycles. The number of carbonyl (C=O) groups excluding carboxylic acids is 1. The first kappa shape index (κ1) is 17.9. The molecule has 0 spiro atoms. The van der Waals surface area contributed by atoms with E-state index in [-0.39, 0.29) is 22.6 Å². The maximum absolute atomic E-state index is 12.6. The second kappa shape index (κ2) is 6.91. The Morgan fingerprint density at radius 2 is 1.96 bits per heavy atom. The van der Waals surface area contributed by atoms with Gasteiger partial charge >= 0.3 is 11.9 Å². The molecule has 27 heavy (non-hydrogen) atoms. The van der Waals surface area contributed by atoms with Crippen molar-refractivity contribution in [1.29, 1.82) is 0 Å². The third-order valence-electron chi connectivity index (χ3n) is 4.96. The van der Waals surface area contributed by atoms with E-state index in [1.165, 1.54) is 12.1 Å². The lowest BCUT2D eigenvalue weighted by Gasteiger charge is -2.34. The lowest BCUT2D eigenvalue weighted by atomic mass is 9.79. The van der Waals surface area contributed by atoms with Crippen LogP contribution in [0.2, 0.25) is 10.0 Å². The highest BCUT2D eigenvalue weighted by molar-refractivity contribution is 6.35. The summed E-state index contributed by atoms with van der Waals surface area (Å²) in [5.74, 6) is -1.31. The summed E-state index contributed by atoms with van der Waals surface area (Å²) in [5.41, 5.74) is 1.98. The third-order valence-corrected chi connectivity index (χ3v) is 5.49. The van der Waals surface area contributed by atoms with E-state index in [0.29, 0.717) is 17.0 Å². The first-order valence-corrected chi connectivity index (χ1v) is 9.17. The van der Waals surface area contributed by atoms with Gasteiger partial charge in [-0.1, -0.05) is 35.4 Å². The van der Waals surface area contributed by atoms with Gasteiger partial charge in [0, 0.05) is 22.5 Å². The van der Waals surface area contributed by atoms with Gasteiger partial charge < -0.3 is 15.2 Å². The largest absolute Gasteiger partial charge is 0.480 e. The quantitative estimate of drug-likeness (QED) is 0.439. The van der Waals surface area contributed by atoms with Gasteiger partial charge in [0.1, 0.15) is 11.8 Å². The average molecular weight is 404 g/mol. The van der Waals surface area contributed by atoms with Gasteiger partial charge in [-0.05, 0) is 48.4 Å². The highest BCUT2D eigenvalue weighted by Gasteiger charge is 2.41. The van der Waals surface area contributed by atoms with Crippen LogP contribution in [-0.4, -0.2) is 23.1 Å². The lowest BCUT2D eigenvalue weighted by Crippen LogP contribution is -2.41. The first-order valence-electron chi connectivity index (χ1n) is 8.41. The molecule has 0 amide bonds. The van der Waals surface area contributed by atoms with Crippen LogP contribution in [0.25, 0.3) is 0 Å². The van der Waals surface area contributed by atoms with Crippen molar-refractivity contribution in [2.45, 2.75) is 18.4 Å². The molecule has 0 saturated heterocycles. The molecule has 2 aromatic rings. The van der Waals surface area contributed by atoms with Gasteiger partial charge in [-0.15, -0.1) is 0 Å². The number of carbonyl (C=O) groups is 2. The normalized spacial score (nSPS) is 22.5. The van der Waals surface area contributed by atoms with Crippen LogP contribution >= 0.6 is 23.2 Å². The molecule has 3 atom stereocenters. The summed E-state index contributed by atoms with van der Waals surface area (Å²) in [6.45, 7) is 0. The van der Waals surface area contributed by atoms with Gasteiger partial charge in [-0.2, -0.15) is 0 Å². The summed E-state index contributed by atoms with van der Waals surface area (Å²) in [6.07, 6.45) is 4.68. The molecule has 0 fully saturated rings. The summed E-state index contributed by atoms with van der Waals surface area (Å²) in [6, 6.07) is 9.05. The molecule has 7 heteroatoms. The highest BCUT2D eigenvalue weighted by atomic mass is 35.5. The number of esters is 1. The van der Waals surface area contributed by atoms with Crippen molar-refractivity contribution >= 4 is 40.8 Å². The van der Waals surface area contributed by atoms with Crippen LogP contribution in [0.5, 0.6) is 5.75 Å². The second-order valence-corrected chi connectivity index (χ2v) is 7.42. The maximum Gasteiger partial charge on any atom is 0.343 e. The monoisotopic (exact) mass is 403 g/mol. The number of anilines is 1. The number of benzene rings is 2. The number of carboxylic acids is 1. The SMILES string of the molecule is O=C(Oc1ccc(Cl)cc1Cl)c1ccc2c(c1)C1C=CCC1C(C(=O)O)N2. The molecule has 0 radical (unpaired) electrons. The van der Waals surface area contributed by atoms with Gasteiger partial charge in [-0.3, -0.25) is 0 Å². The molecular formula is C20H15Cl2NO4. The number of ether oxygens (including phenoxy) is 1. The van der Waals surface area contributed by atoms with E-state index in [1.807, 2.05) is 12.2 Å². The fourth-order valence-corrected chi connectivity index (χ4v) is 4.13. The molecular weight excluding hydrogens is 389 g/mol. The summed E-state index contributed by atoms with van der Waals surface area (Å²) in [5, 5.41) is 13.2. The van der Waals surface area contributed by atoms with Gasteiger partial charge in [0.2, 0.25) is 0 Å². The zero-order valence-electron chi connectivity index (χ0n) is 14.0. The van der Waals surface area contributed by atoms with E-state index in [9.17, 15) is 14.7 Å². The highest BCUT2D eigenvalue weighted by Crippen LogP contribution is 2.45. The number of rotatable bonds is 3. The summed E-state index contributed by atoms with van der Waals surface area (Å²) in [7, 11) is 0. The molecule has 5 nitrogen and oxygen atoms in total. The van der Waals surface area contributed by atoms with Crippen LogP contribution in [0, 0.1) is 5.92 Å². The minimum atomic E-state index is -0.875. The Labute approximate surface area is 165 Å². The van der Waals surface area contributed by atoms with Crippen molar-refractivity contribution in [3.63, 3.8) is 0 Å². The van der Waals surface area contributed by atoms with Crippen molar-refractivity contribution in [1.82, 2.24) is 0 Å². The fraction of sp³-hybridized carbons (Fsp3) is 0.200. The van der Waals surface area contributed by atoms with Crippen molar-refractivity contribution in [3.8, 4) is 5.75 Å². The van der Waals surface area contributed by atoms with E-state index in [2.05, 4.69) is 5.32 Å². The first-order chi connectivity index (χ1) is 12.9. The molecule has 1 aliphatic heterocycles. The van der Waals surface area contributed by atoms with Crippen LogP contribution in [0.15, 0.2) is 48.6 Å². The van der Waals surface area contributed by atoms with E-state index >= 15 is 0 Å². The minimum absolute atomic E-state index is 0.0470. The Balaban J connectivity index is 1.63. The van der Waals surface area contributed by atoms with Crippen LogP contribution < -0.4 is 10.1 Å². The zero-order chi connectivity index (χ0) is 19.1. The van der Waals surface area contributed by atoms with Crippen molar-refractivity contribution < 1.29 is 19.4 Å². The van der Waals surface area contributed by atoms with Gasteiger partial charge in [0.15, 0.2) is 0 Å². The van der Waals surface area contributed by atoms with Gasteiger partial charge in [0.25, 0.3) is 0 Å². The Bertz CT molecular complexity index is 972. The average Bonchev–Trinajstić information content (AvgIpc) is 3.12. The molecule has 138 valence electrons. The number of allylic oxidation sites excluding steroid dienone is 2. The Kier molecular flexibility index (Phi) is 4.58. The Morgan fingerprint density at radius 3 is 2.70 bits per heavy atom. The standard InChI is InChI=1S/C20H15Cl2NO4/c21-11-5-7-17(15(22)9-11)27-20(26)10-4-6-16-14(8-10)12-2-1-3-13(12)18(23-16)19(24)25/h1-2,4-9,12-13,18,23H,3H2,(H,24,25). The number of nitrogens with one attached hydrogen (secondary N) is 1. The van der Waals surface area contributed by atoms with Crippen molar-refractivity contribution in [3.05, 3.63) is 69.7 Å². The number of hydrogen-bond donors (Lipinski definition) is 2. The number of carboxylic acid groups (broad SMARTS) is 1. The molecule has 0 saturated carbocycles. The van der Waals surface area contributed by atoms with Crippen LogP contribution in [0.1, 0.15) is 28.3 Å². The van der Waals surface area contributed by atoms with Crippen LogP contribution in [0.3, 0.4) is 0 Å². The van der Waals surface area contributed by atoms with E-state index in [4.69, 9.17) is 27.9 Å². The van der Waals surface area contributed by atoms with Gasteiger partial charge in [-0.25, -0.2) is 9.59 Å². The van der Waals surface area contributed by atoms with Gasteiger partial charge in [0.05, 0.1) is 10.6 Å². The fourth-order valence-electron chi connectivity index (χ4n) is 3.68. The number of hydrogen-bond acceptors (Lipinski definition) is 4. The zero-order valence-corrected chi connectivity index (χ0v) is 15.5. The van der Waals surface area contributed by atoms with Crippen molar-refractivity contribution in [2.24, 2.45) is 5.92 Å². The molecule has 1 aliphatic carbocycles. The molecule has 2 aromatic carbocycles.